The molecule has 0 amide bonds. The van der Waals surface area contributed by atoms with Crippen molar-refractivity contribution in [2.75, 3.05) is 18.0 Å². The summed E-state index contributed by atoms with van der Waals surface area (Å²) in [6, 6.07) is 10.5. The minimum atomic E-state index is -0.371. The average Bonchev–Trinajstić information content (AvgIpc) is 3.36. The highest BCUT2D eigenvalue weighted by Crippen LogP contribution is 2.30. The van der Waals surface area contributed by atoms with Gasteiger partial charge in [0.25, 0.3) is 5.69 Å². The number of nitrogens with zero attached hydrogens (tertiary/aromatic N) is 5. The molecule has 0 radical (unpaired) electrons. The molecule has 2 aromatic heterocycles. The monoisotopic (exact) mass is 427 g/mol. The molecule has 0 aliphatic carbocycles. The molecule has 1 aliphatic heterocycles. The van der Waals surface area contributed by atoms with Crippen LogP contribution in [0.5, 0.6) is 0 Å². The molecule has 2 unspecified atom stereocenters. The number of hydrogen-bond donors (Lipinski definition) is 0. The summed E-state index contributed by atoms with van der Waals surface area (Å²) in [5.41, 5.74) is 0.977. The fourth-order valence-corrected chi connectivity index (χ4v) is 4.93. The van der Waals surface area contributed by atoms with Gasteiger partial charge in [-0.2, -0.15) is 0 Å². The predicted molar refractivity (Wildman–Crippen MR) is 116 cm³/mol. The smallest absolute Gasteiger partial charge is 0.269 e. The summed E-state index contributed by atoms with van der Waals surface area (Å²) in [7, 11) is 0. The van der Waals surface area contributed by atoms with E-state index in [-0.39, 0.29) is 10.6 Å². The first-order valence-corrected chi connectivity index (χ1v) is 11.0. The van der Waals surface area contributed by atoms with Crippen LogP contribution >= 0.6 is 11.8 Å². The van der Waals surface area contributed by atoms with Crippen LogP contribution in [0.4, 0.5) is 11.6 Å². The summed E-state index contributed by atoms with van der Waals surface area (Å²) in [6.07, 6.45) is 2.89. The summed E-state index contributed by atoms with van der Waals surface area (Å²) in [5.74, 6) is 3.47. The van der Waals surface area contributed by atoms with E-state index in [0.717, 1.165) is 35.5 Å². The Hall–Kier alpha value is -2.81. The zero-order valence-electron chi connectivity index (χ0n) is 17.1. The van der Waals surface area contributed by atoms with Crippen LogP contribution in [0.2, 0.25) is 0 Å². The first kappa shape index (κ1) is 20.5. The number of piperidine rings is 1. The highest BCUT2D eigenvalue weighted by Gasteiger charge is 2.27. The fraction of sp³-hybridized carbons (Fsp3) is 0.429. The van der Waals surface area contributed by atoms with E-state index in [4.69, 9.17) is 4.42 Å². The van der Waals surface area contributed by atoms with Gasteiger partial charge in [-0.15, -0.1) is 10.2 Å². The minimum Gasteiger partial charge on any atom is -0.467 e. The Bertz CT molecular complexity index is 994. The predicted octanol–water partition coefficient (Wildman–Crippen LogP) is 4.60. The normalized spacial score (nSPS) is 19.2. The molecule has 0 spiro atoms. The van der Waals surface area contributed by atoms with E-state index in [9.17, 15) is 10.1 Å². The maximum absolute atomic E-state index is 11.0. The number of nitro groups is 1. The van der Waals surface area contributed by atoms with Gasteiger partial charge in [-0.1, -0.05) is 37.7 Å². The lowest BCUT2D eigenvalue weighted by molar-refractivity contribution is -0.384. The molecule has 0 N–H and O–H groups in total. The fourth-order valence-electron chi connectivity index (χ4n) is 4.05. The van der Waals surface area contributed by atoms with Crippen LogP contribution in [-0.4, -0.2) is 32.8 Å². The van der Waals surface area contributed by atoms with Crippen LogP contribution in [0.25, 0.3) is 0 Å². The SMILES string of the molecule is CC1CC(C)CN(c2nnc(SCc3cccc([N+](=O)[O-])c3)n2Cc2ccco2)C1. The second-order valence-corrected chi connectivity index (χ2v) is 8.96. The second-order valence-electron chi connectivity index (χ2n) is 8.01. The van der Waals surface area contributed by atoms with Gasteiger partial charge < -0.3 is 9.32 Å². The van der Waals surface area contributed by atoms with Gasteiger partial charge >= 0.3 is 0 Å². The van der Waals surface area contributed by atoms with Crippen molar-refractivity contribution in [3.63, 3.8) is 0 Å². The number of thioether (sulfide) groups is 1. The Kier molecular flexibility index (Phi) is 6.08. The summed E-state index contributed by atoms with van der Waals surface area (Å²) in [6.45, 7) is 7.00. The molecule has 3 heterocycles. The Labute approximate surface area is 179 Å². The van der Waals surface area contributed by atoms with Crippen molar-refractivity contribution in [2.24, 2.45) is 11.8 Å². The number of nitro benzene ring substituents is 1. The van der Waals surface area contributed by atoms with Crippen LogP contribution in [0.15, 0.2) is 52.2 Å². The van der Waals surface area contributed by atoms with Crippen LogP contribution < -0.4 is 4.90 Å². The molecule has 1 aromatic carbocycles. The van der Waals surface area contributed by atoms with Gasteiger partial charge in [-0.25, -0.2) is 0 Å². The minimum absolute atomic E-state index is 0.0992. The van der Waals surface area contributed by atoms with Crippen molar-refractivity contribution in [1.29, 1.82) is 0 Å². The molecule has 0 bridgehead atoms. The van der Waals surface area contributed by atoms with E-state index >= 15 is 0 Å². The Morgan fingerprint density at radius 2 is 2.00 bits per heavy atom. The molecule has 1 aliphatic rings. The van der Waals surface area contributed by atoms with Crippen molar-refractivity contribution in [2.45, 2.75) is 37.7 Å². The van der Waals surface area contributed by atoms with Crippen molar-refractivity contribution in [3.8, 4) is 0 Å². The lowest BCUT2D eigenvalue weighted by Gasteiger charge is -2.35. The van der Waals surface area contributed by atoms with Crippen LogP contribution in [0, 0.1) is 22.0 Å². The number of aromatic nitrogens is 3. The van der Waals surface area contributed by atoms with Crippen molar-refractivity contribution in [3.05, 3.63) is 64.1 Å². The highest BCUT2D eigenvalue weighted by molar-refractivity contribution is 7.98. The topological polar surface area (TPSA) is 90.2 Å². The lowest BCUT2D eigenvalue weighted by Crippen LogP contribution is -2.40. The third-order valence-corrected chi connectivity index (χ3v) is 6.27. The molecule has 4 rings (SSSR count). The van der Waals surface area contributed by atoms with Crippen LogP contribution in [0.3, 0.4) is 0 Å². The van der Waals surface area contributed by atoms with E-state index in [2.05, 4.69) is 33.5 Å². The molecular weight excluding hydrogens is 402 g/mol. The number of rotatable bonds is 7. The highest BCUT2D eigenvalue weighted by atomic mass is 32.2. The van der Waals surface area contributed by atoms with E-state index < -0.39 is 0 Å². The zero-order valence-corrected chi connectivity index (χ0v) is 17.9. The number of benzene rings is 1. The van der Waals surface area contributed by atoms with E-state index in [1.54, 1.807) is 18.4 Å². The Morgan fingerprint density at radius 1 is 1.20 bits per heavy atom. The number of hydrogen-bond acceptors (Lipinski definition) is 7. The number of furan rings is 1. The Morgan fingerprint density at radius 3 is 2.70 bits per heavy atom. The van der Waals surface area contributed by atoms with Gasteiger partial charge in [0.1, 0.15) is 5.76 Å². The summed E-state index contributed by atoms with van der Waals surface area (Å²) >= 11 is 1.53. The van der Waals surface area contributed by atoms with Gasteiger partial charge in [-0.3, -0.25) is 14.7 Å². The second kappa shape index (κ2) is 8.91. The Balaban J connectivity index is 1.58. The molecule has 9 heteroatoms. The molecule has 30 heavy (non-hydrogen) atoms. The molecule has 3 aromatic rings. The molecule has 1 saturated heterocycles. The molecule has 0 saturated carbocycles. The maximum atomic E-state index is 11.0. The third-order valence-electron chi connectivity index (χ3n) is 5.23. The van der Waals surface area contributed by atoms with Gasteiger partial charge in [0.2, 0.25) is 5.95 Å². The molecule has 158 valence electrons. The molecular formula is C21H25N5O3S. The molecule has 1 fully saturated rings. The zero-order chi connectivity index (χ0) is 21.1. The first-order chi connectivity index (χ1) is 14.5. The lowest BCUT2D eigenvalue weighted by atomic mass is 9.92. The first-order valence-electron chi connectivity index (χ1n) is 10.1. The van der Waals surface area contributed by atoms with E-state index in [1.165, 1.54) is 24.2 Å². The largest absolute Gasteiger partial charge is 0.467 e. The number of non-ortho nitro benzene ring substituents is 1. The maximum Gasteiger partial charge on any atom is 0.269 e. The summed E-state index contributed by atoms with van der Waals surface area (Å²) in [4.78, 5) is 13.0. The van der Waals surface area contributed by atoms with Crippen molar-refractivity contribution >= 4 is 23.4 Å². The average molecular weight is 428 g/mol. The van der Waals surface area contributed by atoms with E-state index in [0.29, 0.717) is 24.1 Å². The van der Waals surface area contributed by atoms with Gasteiger partial charge in [0.15, 0.2) is 5.16 Å². The third kappa shape index (κ3) is 4.67. The number of anilines is 1. The van der Waals surface area contributed by atoms with Crippen molar-refractivity contribution in [1.82, 2.24) is 14.8 Å². The van der Waals surface area contributed by atoms with Gasteiger partial charge in [0.05, 0.1) is 17.7 Å². The van der Waals surface area contributed by atoms with Gasteiger partial charge in [0, 0.05) is 31.0 Å². The van der Waals surface area contributed by atoms with Crippen LogP contribution in [0.1, 0.15) is 31.6 Å². The quantitative estimate of drug-likeness (QED) is 0.309. The van der Waals surface area contributed by atoms with E-state index in [1.807, 2.05) is 18.2 Å². The summed E-state index contributed by atoms with van der Waals surface area (Å²) < 4.78 is 7.66. The molecule has 8 nitrogen and oxygen atoms in total. The van der Waals surface area contributed by atoms with Gasteiger partial charge in [-0.05, 0) is 36.0 Å². The van der Waals surface area contributed by atoms with Crippen LogP contribution in [-0.2, 0) is 12.3 Å². The van der Waals surface area contributed by atoms with Crippen molar-refractivity contribution < 1.29 is 9.34 Å². The molecule has 2 atom stereocenters. The summed E-state index contributed by atoms with van der Waals surface area (Å²) in [5, 5.41) is 20.8. The standard InChI is InChI=1S/C21H25N5O3S/c1-15-9-16(2)12-24(11-15)20-22-23-21(25(20)13-19-7-4-8-29-19)30-14-17-5-3-6-18(10-17)26(27)28/h3-8,10,15-16H,9,11-14H2,1-2H3.